The molecule has 0 spiro atoms. The van der Waals surface area contributed by atoms with Gasteiger partial charge in [0.25, 0.3) is 5.91 Å². The van der Waals surface area contributed by atoms with Crippen LogP contribution >= 0.6 is 11.6 Å². The van der Waals surface area contributed by atoms with Gasteiger partial charge in [0.15, 0.2) is 6.61 Å². The van der Waals surface area contributed by atoms with E-state index in [1.165, 1.54) is 5.56 Å². The molecule has 1 heterocycles. The van der Waals surface area contributed by atoms with Gasteiger partial charge in [-0.2, -0.15) is 0 Å². The van der Waals surface area contributed by atoms with Crippen LogP contribution in [-0.4, -0.2) is 58.7 Å². The number of nitrogens with zero attached hydrogens (tertiary/aromatic N) is 2. The van der Waals surface area contributed by atoms with Crippen LogP contribution in [-0.2, 0) is 24.6 Å². The summed E-state index contributed by atoms with van der Waals surface area (Å²) in [5, 5.41) is 19.9. The minimum atomic E-state index is -0.207. The number of halogens is 1. The summed E-state index contributed by atoms with van der Waals surface area (Å²) in [6.07, 6.45) is 0. The quantitative estimate of drug-likeness (QED) is 0.722. The highest BCUT2D eigenvalue weighted by molar-refractivity contribution is 6.30. The Kier molecular flexibility index (Phi) is 7.50. The molecule has 0 atom stereocenters. The summed E-state index contributed by atoms with van der Waals surface area (Å²) in [5.74, 6) is 0.305. The molecule has 0 unspecified atom stereocenters. The lowest BCUT2D eigenvalue weighted by molar-refractivity contribution is -0.135. The van der Waals surface area contributed by atoms with E-state index in [2.05, 4.69) is 4.90 Å². The van der Waals surface area contributed by atoms with Crippen molar-refractivity contribution in [2.24, 2.45) is 0 Å². The average Bonchev–Trinajstić information content (AvgIpc) is 2.74. The zero-order valence-corrected chi connectivity index (χ0v) is 17.4. The SMILES string of the molecule is Cc1cc(CO)c(OCC(=O)N2CCN(Cc3ccc(Cl)cc3)CC2)c(CO)c1. The van der Waals surface area contributed by atoms with Crippen LogP contribution in [0.5, 0.6) is 5.75 Å². The summed E-state index contributed by atoms with van der Waals surface area (Å²) in [7, 11) is 0. The Morgan fingerprint density at radius 2 is 1.62 bits per heavy atom. The lowest BCUT2D eigenvalue weighted by atomic mass is 10.1. The minimum Gasteiger partial charge on any atom is -0.483 e. The second-order valence-corrected chi connectivity index (χ2v) is 7.74. The van der Waals surface area contributed by atoms with Crippen molar-refractivity contribution in [3.8, 4) is 5.75 Å². The summed E-state index contributed by atoms with van der Waals surface area (Å²) in [5.41, 5.74) is 3.28. The van der Waals surface area contributed by atoms with Gasteiger partial charge in [0.05, 0.1) is 13.2 Å². The van der Waals surface area contributed by atoms with Crippen LogP contribution in [0.15, 0.2) is 36.4 Å². The van der Waals surface area contributed by atoms with E-state index in [9.17, 15) is 15.0 Å². The number of ether oxygens (including phenoxy) is 1. The van der Waals surface area contributed by atoms with E-state index in [1.807, 2.05) is 31.2 Å². The van der Waals surface area contributed by atoms with Crippen LogP contribution in [0.4, 0.5) is 0 Å². The summed E-state index contributed by atoms with van der Waals surface area (Å²) in [6.45, 7) is 5.07. The maximum atomic E-state index is 12.6. The minimum absolute atomic E-state index is 0.0931. The number of rotatable bonds is 7. The Morgan fingerprint density at radius 3 is 2.17 bits per heavy atom. The molecule has 1 fully saturated rings. The monoisotopic (exact) mass is 418 g/mol. The Labute approximate surface area is 176 Å². The van der Waals surface area contributed by atoms with E-state index >= 15 is 0 Å². The second kappa shape index (κ2) is 10.1. The van der Waals surface area contributed by atoms with Crippen LogP contribution in [0.25, 0.3) is 0 Å². The Bertz CT molecular complexity index is 808. The zero-order chi connectivity index (χ0) is 20.8. The molecule has 29 heavy (non-hydrogen) atoms. The van der Waals surface area contributed by atoms with E-state index in [0.29, 0.717) is 30.0 Å². The maximum Gasteiger partial charge on any atom is 0.260 e. The highest BCUT2D eigenvalue weighted by Gasteiger charge is 2.22. The van der Waals surface area contributed by atoms with Crippen molar-refractivity contribution >= 4 is 17.5 Å². The van der Waals surface area contributed by atoms with Crippen LogP contribution < -0.4 is 4.74 Å². The second-order valence-electron chi connectivity index (χ2n) is 7.30. The maximum absolute atomic E-state index is 12.6. The molecule has 2 N–H and O–H groups in total. The molecule has 156 valence electrons. The van der Waals surface area contributed by atoms with Gasteiger partial charge >= 0.3 is 0 Å². The highest BCUT2D eigenvalue weighted by atomic mass is 35.5. The van der Waals surface area contributed by atoms with E-state index in [0.717, 1.165) is 30.2 Å². The van der Waals surface area contributed by atoms with Crippen molar-refractivity contribution in [2.45, 2.75) is 26.7 Å². The topological polar surface area (TPSA) is 73.2 Å². The Balaban J connectivity index is 1.52. The molecule has 3 rings (SSSR count). The average molecular weight is 419 g/mol. The highest BCUT2D eigenvalue weighted by Crippen LogP contribution is 2.26. The number of hydrogen-bond donors (Lipinski definition) is 2. The van der Waals surface area contributed by atoms with Crippen LogP contribution in [0.2, 0.25) is 5.02 Å². The number of aliphatic hydroxyl groups excluding tert-OH is 2. The number of carbonyl (C=O) groups is 1. The molecule has 0 saturated carbocycles. The zero-order valence-electron chi connectivity index (χ0n) is 16.6. The van der Waals surface area contributed by atoms with Crippen molar-refractivity contribution in [3.63, 3.8) is 0 Å². The number of aliphatic hydroxyl groups is 2. The first-order valence-corrected chi connectivity index (χ1v) is 10.1. The smallest absolute Gasteiger partial charge is 0.260 e. The molecular weight excluding hydrogens is 392 g/mol. The van der Waals surface area contributed by atoms with Gasteiger partial charge in [0, 0.05) is 48.9 Å². The number of aryl methyl sites for hydroxylation is 1. The van der Waals surface area contributed by atoms with Crippen LogP contribution in [0.1, 0.15) is 22.3 Å². The van der Waals surface area contributed by atoms with Gasteiger partial charge in [-0.15, -0.1) is 0 Å². The molecular formula is C22H27ClN2O4. The van der Waals surface area contributed by atoms with Crippen molar-refractivity contribution in [3.05, 3.63) is 63.7 Å². The van der Waals surface area contributed by atoms with Gasteiger partial charge in [0.1, 0.15) is 5.75 Å². The van der Waals surface area contributed by atoms with Gasteiger partial charge < -0.3 is 19.8 Å². The standard InChI is InChI=1S/C22H27ClN2O4/c1-16-10-18(13-26)22(19(11-16)14-27)29-15-21(28)25-8-6-24(7-9-25)12-17-2-4-20(23)5-3-17/h2-5,10-11,26-27H,6-9,12-15H2,1H3. The molecule has 0 aliphatic carbocycles. The molecule has 2 aromatic rings. The van der Waals surface area contributed by atoms with Crippen molar-refractivity contribution in [2.75, 3.05) is 32.8 Å². The van der Waals surface area contributed by atoms with Gasteiger partial charge in [-0.3, -0.25) is 9.69 Å². The van der Waals surface area contributed by atoms with Crippen LogP contribution in [0.3, 0.4) is 0 Å². The fourth-order valence-corrected chi connectivity index (χ4v) is 3.70. The van der Waals surface area contributed by atoms with Crippen molar-refractivity contribution in [1.29, 1.82) is 0 Å². The predicted molar refractivity (Wildman–Crippen MR) is 112 cm³/mol. The molecule has 0 bridgehead atoms. The summed E-state index contributed by atoms with van der Waals surface area (Å²) >= 11 is 5.93. The number of benzene rings is 2. The lowest BCUT2D eigenvalue weighted by Gasteiger charge is -2.34. The van der Waals surface area contributed by atoms with Gasteiger partial charge in [-0.05, 0) is 24.6 Å². The third-order valence-corrected chi connectivity index (χ3v) is 5.36. The summed E-state index contributed by atoms with van der Waals surface area (Å²) < 4.78 is 5.72. The molecule has 1 saturated heterocycles. The summed E-state index contributed by atoms with van der Waals surface area (Å²) in [6, 6.07) is 11.4. The first-order chi connectivity index (χ1) is 14.0. The molecule has 6 nitrogen and oxygen atoms in total. The van der Waals surface area contributed by atoms with Gasteiger partial charge in [-0.1, -0.05) is 41.4 Å². The number of piperazine rings is 1. The molecule has 1 aliphatic rings. The van der Waals surface area contributed by atoms with Crippen molar-refractivity contribution < 1.29 is 19.7 Å². The van der Waals surface area contributed by atoms with E-state index in [1.54, 1.807) is 17.0 Å². The number of hydrogen-bond acceptors (Lipinski definition) is 5. The van der Waals surface area contributed by atoms with E-state index < -0.39 is 0 Å². The Hall–Kier alpha value is -2.12. The third kappa shape index (κ3) is 5.70. The molecule has 2 aromatic carbocycles. The number of carbonyl (C=O) groups excluding carboxylic acids is 1. The van der Waals surface area contributed by atoms with Gasteiger partial charge in [0.2, 0.25) is 0 Å². The lowest BCUT2D eigenvalue weighted by Crippen LogP contribution is -2.49. The molecule has 1 aliphatic heterocycles. The first kappa shape index (κ1) is 21.6. The third-order valence-electron chi connectivity index (χ3n) is 5.11. The molecule has 0 radical (unpaired) electrons. The fourth-order valence-electron chi connectivity index (χ4n) is 3.58. The van der Waals surface area contributed by atoms with E-state index in [4.69, 9.17) is 16.3 Å². The van der Waals surface area contributed by atoms with E-state index in [-0.39, 0.29) is 25.7 Å². The number of amides is 1. The largest absolute Gasteiger partial charge is 0.483 e. The normalized spacial score (nSPS) is 14.8. The van der Waals surface area contributed by atoms with Crippen LogP contribution in [0, 0.1) is 6.92 Å². The molecule has 1 amide bonds. The fraction of sp³-hybridized carbons (Fsp3) is 0.409. The predicted octanol–water partition coefficient (Wildman–Crippen LogP) is 2.36. The first-order valence-electron chi connectivity index (χ1n) is 9.71. The molecule has 0 aromatic heterocycles. The molecule has 7 heteroatoms. The summed E-state index contributed by atoms with van der Waals surface area (Å²) in [4.78, 5) is 16.7. The Morgan fingerprint density at radius 1 is 1.03 bits per heavy atom. The van der Waals surface area contributed by atoms with Crippen molar-refractivity contribution in [1.82, 2.24) is 9.80 Å². The van der Waals surface area contributed by atoms with Gasteiger partial charge in [-0.25, -0.2) is 0 Å².